The summed E-state index contributed by atoms with van der Waals surface area (Å²) in [4.78, 5) is 13.1. The number of amides is 1. The van der Waals surface area contributed by atoms with Gasteiger partial charge in [0.15, 0.2) is 0 Å². The van der Waals surface area contributed by atoms with Crippen molar-refractivity contribution in [3.63, 3.8) is 0 Å². The minimum Gasteiger partial charge on any atom is -0.355 e. The van der Waals surface area contributed by atoms with Crippen molar-refractivity contribution in [1.29, 1.82) is 0 Å². The molecule has 5 aromatic rings. The molecule has 51 heavy (non-hydrogen) atoms. The number of benzene rings is 4. The van der Waals surface area contributed by atoms with Crippen LogP contribution in [0.25, 0.3) is 49.8 Å². The number of nitrogens with one attached hydrogen (secondary N) is 1. The number of nitrogens with zero attached hydrogens (tertiary/aromatic N) is 1. The summed E-state index contributed by atoms with van der Waals surface area (Å²) in [5.41, 5.74) is -8.51. The van der Waals surface area contributed by atoms with E-state index in [1.807, 2.05) is 0 Å². The first-order valence-electron chi connectivity index (χ1n) is 15.1. The number of fused-ring (bicyclic) bond motifs is 3. The Morgan fingerprint density at radius 1 is 0.588 bits per heavy atom. The molecule has 1 aromatic heterocycles. The van der Waals surface area contributed by atoms with Crippen molar-refractivity contribution in [1.82, 2.24) is 9.88 Å². The van der Waals surface area contributed by atoms with Crippen LogP contribution in [0, 0.1) is 5.92 Å². The van der Waals surface area contributed by atoms with Crippen LogP contribution >= 0.6 is 0 Å². The third-order valence-electron chi connectivity index (χ3n) is 8.43. The Bertz CT molecular complexity index is 2060. The van der Waals surface area contributed by atoms with Crippen LogP contribution in [-0.4, -0.2) is 17.5 Å². The number of para-hydroxylation sites is 2. The third kappa shape index (κ3) is 6.77. The summed E-state index contributed by atoms with van der Waals surface area (Å²) in [6.45, 7) is 4.57. The van der Waals surface area contributed by atoms with Gasteiger partial charge in [-0.05, 0) is 48.2 Å². The van der Waals surface area contributed by atoms with Crippen molar-refractivity contribution in [3.8, 4) is 22.3 Å². The number of rotatable bonds is 5. The van der Waals surface area contributed by atoms with Gasteiger partial charge in [-0.2, -0.15) is 52.7 Å². The van der Waals surface area contributed by atoms with Gasteiger partial charge in [-0.25, -0.2) is 0 Å². The highest BCUT2D eigenvalue weighted by Crippen LogP contribution is 2.49. The number of likely N-dealkylation sites (N-methyl/N-ethyl adjacent to an activating group) is 1. The maximum absolute atomic E-state index is 14.5. The molecule has 0 bridgehead atoms. The summed E-state index contributed by atoms with van der Waals surface area (Å²) in [5.74, 6) is -1.34. The monoisotopic (exact) mass is 730 g/mol. The molecule has 270 valence electrons. The van der Waals surface area contributed by atoms with E-state index in [1.54, 1.807) is 13.8 Å². The number of carbonyl (C=O) groups is 1. The molecule has 0 unspecified atom stereocenters. The fraction of sp³-hybridized carbons (Fsp3) is 0.250. The van der Waals surface area contributed by atoms with Crippen molar-refractivity contribution in [2.45, 2.75) is 45.5 Å². The van der Waals surface area contributed by atoms with Crippen LogP contribution in [0.2, 0.25) is 0 Å². The molecule has 0 saturated heterocycles. The predicted octanol–water partition coefficient (Wildman–Crippen LogP) is 11.8. The smallest absolute Gasteiger partial charge is 0.355 e. The highest BCUT2D eigenvalue weighted by molar-refractivity contribution is 6.19. The molecule has 0 aliphatic heterocycles. The summed E-state index contributed by atoms with van der Waals surface area (Å²) in [5, 5.41) is 2.71. The van der Waals surface area contributed by atoms with Gasteiger partial charge in [0.25, 0.3) is 0 Å². The lowest BCUT2D eigenvalue weighted by Crippen LogP contribution is -2.22. The van der Waals surface area contributed by atoms with Gasteiger partial charge in [-0.3, -0.25) is 4.79 Å². The number of hydrogen-bond donors (Lipinski definition) is 1. The Hall–Kier alpha value is -4.95. The SMILES string of the molecule is CNC(=O)/C(C)=C(/C(C)C)n1c2c(-c3ccc(C(F)(F)F)cc3C(F)(F)F)cccc2c2cccc(-c3ccc(C(F)(F)F)cc3C(F)(F)F)c21. The predicted molar refractivity (Wildman–Crippen MR) is 168 cm³/mol. The summed E-state index contributed by atoms with van der Waals surface area (Å²) < 4.78 is 170. The van der Waals surface area contributed by atoms with Gasteiger partial charge in [0.2, 0.25) is 5.91 Å². The van der Waals surface area contributed by atoms with Crippen LogP contribution in [0.5, 0.6) is 0 Å². The minimum absolute atomic E-state index is 0.0113. The Balaban J connectivity index is 2.07. The summed E-state index contributed by atoms with van der Waals surface area (Å²) >= 11 is 0. The minimum atomic E-state index is -5.31. The van der Waals surface area contributed by atoms with Crippen LogP contribution in [0.4, 0.5) is 52.7 Å². The highest BCUT2D eigenvalue weighted by Gasteiger charge is 2.41. The van der Waals surface area contributed by atoms with Crippen LogP contribution in [0.1, 0.15) is 43.0 Å². The van der Waals surface area contributed by atoms with E-state index in [0.717, 1.165) is 0 Å². The number of halogens is 12. The summed E-state index contributed by atoms with van der Waals surface area (Å²) in [6, 6.07) is 10.0. The second-order valence-electron chi connectivity index (χ2n) is 12.0. The molecular formula is C36H26F12N2O. The van der Waals surface area contributed by atoms with Crippen molar-refractivity contribution in [2.75, 3.05) is 7.05 Å². The first-order chi connectivity index (χ1) is 23.5. The van der Waals surface area contributed by atoms with Gasteiger partial charge in [-0.1, -0.05) is 62.4 Å². The normalized spacial score (nSPS) is 13.7. The molecule has 0 radical (unpaired) electrons. The highest BCUT2D eigenvalue weighted by atomic mass is 19.4. The Kier molecular flexibility index (Phi) is 9.27. The topological polar surface area (TPSA) is 34.0 Å². The van der Waals surface area contributed by atoms with Gasteiger partial charge < -0.3 is 9.88 Å². The molecule has 5 rings (SSSR count). The van der Waals surface area contributed by atoms with E-state index < -0.39 is 69.9 Å². The molecule has 0 fully saturated rings. The van der Waals surface area contributed by atoms with Crippen LogP contribution in [-0.2, 0) is 29.5 Å². The maximum Gasteiger partial charge on any atom is 0.417 e. The quantitative estimate of drug-likeness (QED) is 0.142. The molecule has 1 N–H and O–H groups in total. The van der Waals surface area contributed by atoms with E-state index in [2.05, 4.69) is 5.32 Å². The second kappa shape index (κ2) is 12.7. The van der Waals surface area contributed by atoms with Crippen molar-refractivity contribution >= 4 is 33.4 Å². The molecule has 0 spiro atoms. The number of hydrogen-bond acceptors (Lipinski definition) is 1. The number of alkyl halides is 12. The fourth-order valence-electron chi connectivity index (χ4n) is 6.33. The lowest BCUT2D eigenvalue weighted by Gasteiger charge is -2.23. The molecule has 1 heterocycles. The first kappa shape index (κ1) is 37.3. The van der Waals surface area contributed by atoms with Crippen molar-refractivity contribution < 1.29 is 57.5 Å². The summed E-state index contributed by atoms with van der Waals surface area (Å²) in [7, 11) is 1.29. The second-order valence-corrected chi connectivity index (χ2v) is 12.0. The van der Waals surface area contributed by atoms with Gasteiger partial charge in [-0.15, -0.1) is 0 Å². The lowest BCUT2D eigenvalue weighted by atomic mass is 9.94. The Morgan fingerprint density at radius 3 is 1.29 bits per heavy atom. The van der Waals surface area contributed by atoms with Crippen LogP contribution in [0.15, 0.2) is 78.4 Å². The average Bonchev–Trinajstić information content (AvgIpc) is 3.36. The molecule has 0 aliphatic rings. The zero-order valence-electron chi connectivity index (χ0n) is 26.9. The van der Waals surface area contributed by atoms with Gasteiger partial charge in [0.1, 0.15) is 0 Å². The van der Waals surface area contributed by atoms with Gasteiger partial charge >= 0.3 is 24.7 Å². The molecule has 15 heteroatoms. The molecule has 0 saturated carbocycles. The number of allylic oxidation sites excluding steroid dienone is 1. The van der Waals surface area contributed by atoms with Gasteiger partial charge in [0.05, 0.1) is 33.3 Å². The van der Waals surface area contributed by atoms with Crippen LogP contribution in [0.3, 0.4) is 0 Å². The van der Waals surface area contributed by atoms with Crippen molar-refractivity contribution in [2.24, 2.45) is 5.92 Å². The zero-order valence-corrected chi connectivity index (χ0v) is 26.9. The fourth-order valence-corrected chi connectivity index (χ4v) is 6.33. The average molecular weight is 731 g/mol. The Morgan fingerprint density at radius 2 is 0.980 bits per heavy atom. The van der Waals surface area contributed by atoms with Crippen molar-refractivity contribution in [3.05, 3.63) is 101 Å². The molecule has 3 nitrogen and oxygen atoms in total. The van der Waals surface area contributed by atoms with E-state index in [1.165, 1.54) is 54.9 Å². The lowest BCUT2D eigenvalue weighted by molar-refractivity contribution is -0.144. The number of carbonyl (C=O) groups excluding carboxylic acids is 1. The molecule has 4 aromatic carbocycles. The van der Waals surface area contributed by atoms with E-state index >= 15 is 0 Å². The zero-order chi connectivity index (χ0) is 38.0. The summed E-state index contributed by atoms with van der Waals surface area (Å²) in [6.07, 6.45) is -20.9. The molecule has 0 aliphatic carbocycles. The molecule has 1 amide bonds. The Labute approximate surface area is 282 Å². The maximum atomic E-state index is 14.5. The first-order valence-corrected chi connectivity index (χ1v) is 15.1. The van der Waals surface area contributed by atoms with E-state index in [-0.39, 0.29) is 56.3 Å². The molecular weight excluding hydrogens is 704 g/mol. The van der Waals surface area contributed by atoms with Crippen LogP contribution < -0.4 is 5.32 Å². The standard InChI is InChI=1S/C36H26F12N2O/c1-17(2)29(18(3)32(51)49-4)50-30-23(21-13-11-19(33(37,38)39)15-27(21)35(43,44)45)7-5-9-25(30)26-10-6-8-24(31(26)50)22-14-12-20(34(40,41)42)16-28(22)36(46,47)48/h5-17H,1-4H3,(H,49,51)/b29-18-. The van der Waals surface area contributed by atoms with E-state index in [4.69, 9.17) is 0 Å². The van der Waals surface area contributed by atoms with E-state index in [9.17, 15) is 57.5 Å². The largest absolute Gasteiger partial charge is 0.417 e. The van der Waals surface area contributed by atoms with Gasteiger partial charge in [0, 0.05) is 40.2 Å². The third-order valence-corrected chi connectivity index (χ3v) is 8.43. The molecule has 0 atom stereocenters. The number of aromatic nitrogens is 1. The van der Waals surface area contributed by atoms with E-state index in [0.29, 0.717) is 24.3 Å².